The van der Waals surface area contributed by atoms with Gasteiger partial charge < -0.3 is 19.9 Å². The lowest BCUT2D eigenvalue weighted by Gasteiger charge is -2.15. The first-order chi connectivity index (χ1) is 8.36. The molecule has 1 rings (SSSR count). The molecule has 6 heteroatoms. The number of rotatable bonds is 7. The van der Waals surface area contributed by atoms with Crippen LogP contribution >= 0.6 is 0 Å². The zero-order valence-electron chi connectivity index (χ0n) is 11.2. The van der Waals surface area contributed by atoms with Gasteiger partial charge in [-0.3, -0.25) is 9.59 Å². The number of amides is 1. The number of carboxylic acids is 1. The van der Waals surface area contributed by atoms with Crippen molar-refractivity contribution in [3.8, 4) is 0 Å². The second-order valence-corrected chi connectivity index (χ2v) is 5.17. The minimum atomic E-state index is -0.916. The largest absolute Gasteiger partial charge is 0.481 e. The van der Waals surface area contributed by atoms with Crippen molar-refractivity contribution in [3.05, 3.63) is 0 Å². The molecule has 1 amide bonds. The van der Waals surface area contributed by atoms with Crippen molar-refractivity contribution in [1.82, 2.24) is 5.32 Å². The Balaban J connectivity index is 2.45. The lowest BCUT2D eigenvalue weighted by molar-refractivity contribution is -0.140. The molecule has 18 heavy (non-hydrogen) atoms. The van der Waals surface area contributed by atoms with Crippen LogP contribution in [0.3, 0.4) is 0 Å². The monoisotopic (exact) mass is 259 g/mol. The lowest BCUT2D eigenvalue weighted by atomic mass is 10.1. The molecule has 1 aliphatic rings. The maximum absolute atomic E-state index is 11.9. The quantitative estimate of drug-likeness (QED) is 0.678. The zero-order valence-corrected chi connectivity index (χ0v) is 11.2. The normalized spacial score (nSPS) is 26.4. The van der Waals surface area contributed by atoms with E-state index in [0.29, 0.717) is 13.2 Å². The molecular weight excluding hydrogens is 238 g/mol. The van der Waals surface area contributed by atoms with Gasteiger partial charge in [-0.1, -0.05) is 13.8 Å². The van der Waals surface area contributed by atoms with E-state index in [1.54, 1.807) is 21.0 Å². The third kappa shape index (κ3) is 3.00. The molecule has 1 saturated carbocycles. The van der Waals surface area contributed by atoms with Crippen LogP contribution in [0.25, 0.3) is 0 Å². The van der Waals surface area contributed by atoms with Gasteiger partial charge in [-0.05, 0) is 5.41 Å². The highest BCUT2D eigenvalue weighted by Crippen LogP contribution is 2.58. The Morgan fingerprint density at radius 1 is 1.33 bits per heavy atom. The van der Waals surface area contributed by atoms with Crippen molar-refractivity contribution in [2.45, 2.75) is 20.0 Å². The minimum Gasteiger partial charge on any atom is -0.481 e. The van der Waals surface area contributed by atoms with Crippen molar-refractivity contribution in [2.75, 3.05) is 27.4 Å². The summed E-state index contributed by atoms with van der Waals surface area (Å²) >= 11 is 0. The van der Waals surface area contributed by atoms with E-state index in [1.165, 1.54) is 7.11 Å². The van der Waals surface area contributed by atoms with Crippen LogP contribution in [-0.2, 0) is 19.1 Å². The van der Waals surface area contributed by atoms with Crippen LogP contribution in [0.5, 0.6) is 0 Å². The van der Waals surface area contributed by atoms with Gasteiger partial charge in [-0.2, -0.15) is 0 Å². The Morgan fingerprint density at radius 2 is 1.94 bits per heavy atom. The summed E-state index contributed by atoms with van der Waals surface area (Å²) in [4.78, 5) is 22.9. The summed E-state index contributed by atoms with van der Waals surface area (Å²) in [7, 11) is 3.09. The fourth-order valence-corrected chi connectivity index (χ4v) is 2.31. The van der Waals surface area contributed by atoms with Crippen LogP contribution in [0.2, 0.25) is 0 Å². The van der Waals surface area contributed by atoms with Gasteiger partial charge in [0.1, 0.15) is 0 Å². The maximum atomic E-state index is 11.9. The molecule has 1 aliphatic carbocycles. The number of methoxy groups -OCH3 is 2. The Morgan fingerprint density at radius 3 is 2.33 bits per heavy atom. The number of hydrogen-bond donors (Lipinski definition) is 2. The first kappa shape index (κ1) is 14.9. The van der Waals surface area contributed by atoms with Crippen LogP contribution in [0.4, 0.5) is 0 Å². The van der Waals surface area contributed by atoms with E-state index in [2.05, 4.69) is 5.32 Å². The zero-order chi connectivity index (χ0) is 13.9. The smallest absolute Gasteiger partial charge is 0.307 e. The van der Waals surface area contributed by atoms with Gasteiger partial charge in [-0.15, -0.1) is 0 Å². The van der Waals surface area contributed by atoms with E-state index >= 15 is 0 Å². The molecule has 0 radical (unpaired) electrons. The van der Waals surface area contributed by atoms with Crippen molar-refractivity contribution < 1.29 is 24.2 Å². The topological polar surface area (TPSA) is 84.9 Å². The van der Waals surface area contributed by atoms with Crippen molar-refractivity contribution >= 4 is 11.9 Å². The summed E-state index contributed by atoms with van der Waals surface area (Å²) in [5, 5.41) is 11.7. The summed E-state index contributed by atoms with van der Waals surface area (Å²) in [6, 6.07) is 0. The number of carboxylic acid groups (broad SMARTS) is 1. The third-order valence-corrected chi connectivity index (χ3v) is 3.57. The number of hydrogen-bond acceptors (Lipinski definition) is 4. The van der Waals surface area contributed by atoms with Crippen molar-refractivity contribution in [3.63, 3.8) is 0 Å². The Labute approximate surface area is 107 Å². The molecule has 104 valence electrons. The first-order valence-corrected chi connectivity index (χ1v) is 5.88. The summed E-state index contributed by atoms with van der Waals surface area (Å²) in [5.41, 5.74) is -0.472. The van der Waals surface area contributed by atoms with Gasteiger partial charge in [0.2, 0.25) is 5.91 Å². The highest BCUT2D eigenvalue weighted by molar-refractivity contribution is 5.91. The molecule has 1 fully saturated rings. The molecule has 0 aromatic rings. The number of ether oxygens (including phenoxy) is 2. The number of carbonyl (C=O) groups is 2. The molecule has 0 spiro atoms. The molecular formula is C12H21NO5. The van der Waals surface area contributed by atoms with Gasteiger partial charge in [0.15, 0.2) is 0 Å². The summed E-state index contributed by atoms with van der Waals surface area (Å²) < 4.78 is 10.0. The summed E-state index contributed by atoms with van der Waals surface area (Å²) in [6.07, 6.45) is -0.218. The molecule has 0 heterocycles. The molecule has 6 nitrogen and oxygen atoms in total. The lowest BCUT2D eigenvalue weighted by Crippen LogP contribution is -2.37. The van der Waals surface area contributed by atoms with E-state index in [9.17, 15) is 9.59 Å². The predicted octanol–water partition coefficient (Wildman–Crippen LogP) is 0.121. The molecule has 0 aromatic heterocycles. The summed E-state index contributed by atoms with van der Waals surface area (Å²) in [5.74, 6) is -2.21. The van der Waals surface area contributed by atoms with Gasteiger partial charge in [0.25, 0.3) is 0 Å². The van der Waals surface area contributed by atoms with Crippen LogP contribution in [0.15, 0.2) is 0 Å². The van der Waals surface area contributed by atoms with Crippen LogP contribution in [0, 0.1) is 17.3 Å². The van der Waals surface area contributed by atoms with Crippen molar-refractivity contribution in [1.29, 1.82) is 0 Å². The number of aliphatic carboxylic acids is 1. The van der Waals surface area contributed by atoms with Gasteiger partial charge in [0.05, 0.1) is 24.5 Å². The van der Waals surface area contributed by atoms with Crippen LogP contribution in [0.1, 0.15) is 13.8 Å². The fourth-order valence-electron chi connectivity index (χ4n) is 2.31. The van der Waals surface area contributed by atoms with Crippen LogP contribution < -0.4 is 5.32 Å². The number of nitrogens with one attached hydrogen (secondary N) is 1. The first-order valence-electron chi connectivity index (χ1n) is 5.88. The van der Waals surface area contributed by atoms with Crippen molar-refractivity contribution in [2.24, 2.45) is 17.3 Å². The third-order valence-electron chi connectivity index (χ3n) is 3.57. The van der Waals surface area contributed by atoms with E-state index in [4.69, 9.17) is 14.6 Å². The van der Waals surface area contributed by atoms with E-state index in [1.807, 2.05) is 0 Å². The van der Waals surface area contributed by atoms with Gasteiger partial charge >= 0.3 is 5.97 Å². The second kappa shape index (κ2) is 5.67. The molecule has 0 aromatic carbocycles. The molecule has 0 aliphatic heterocycles. The highest BCUT2D eigenvalue weighted by atomic mass is 16.5. The molecule has 0 saturated heterocycles. The Hall–Kier alpha value is -1.14. The fraction of sp³-hybridized carbons (Fsp3) is 0.833. The molecule has 3 atom stereocenters. The highest BCUT2D eigenvalue weighted by Gasteiger charge is 2.65. The van der Waals surface area contributed by atoms with Gasteiger partial charge in [-0.25, -0.2) is 0 Å². The average molecular weight is 259 g/mol. The minimum absolute atomic E-state index is 0.218. The molecule has 3 unspecified atom stereocenters. The molecule has 0 bridgehead atoms. The Kier molecular flexibility index (Phi) is 4.70. The van der Waals surface area contributed by atoms with E-state index in [-0.39, 0.29) is 12.0 Å². The second-order valence-electron chi connectivity index (χ2n) is 5.17. The standard InChI is InChI=1S/C12H21NO5/c1-12(2)8(9(12)11(15)16)10(14)13-5-7(18-4)6-17-3/h7-9H,5-6H2,1-4H3,(H,13,14)(H,15,16). The number of carbonyl (C=O) groups excluding carboxylic acids is 1. The SMILES string of the molecule is COCC(CNC(=O)C1C(C(=O)O)C1(C)C)OC. The maximum Gasteiger partial charge on any atom is 0.307 e. The average Bonchev–Trinajstić information content (AvgIpc) is 2.87. The molecule has 2 N–H and O–H groups in total. The van der Waals surface area contributed by atoms with E-state index < -0.39 is 23.2 Å². The summed E-state index contributed by atoms with van der Waals surface area (Å²) in [6.45, 7) is 4.28. The van der Waals surface area contributed by atoms with Crippen LogP contribution in [-0.4, -0.2) is 50.5 Å². The predicted molar refractivity (Wildman–Crippen MR) is 64.1 cm³/mol. The van der Waals surface area contributed by atoms with Gasteiger partial charge in [0, 0.05) is 20.8 Å². The van der Waals surface area contributed by atoms with E-state index in [0.717, 1.165) is 0 Å². The Bertz CT molecular complexity index is 328.